The quantitative estimate of drug-likeness (QED) is 0.293. The lowest BCUT2D eigenvalue weighted by molar-refractivity contribution is 0.463. The summed E-state index contributed by atoms with van der Waals surface area (Å²) < 4.78 is 7.81. The smallest absolute Gasteiger partial charge is 0.214 e. The average Bonchev–Trinajstić information content (AvgIpc) is 3.16. The SMILES string of the molecule is CN=C(NCCCc1nnc(SC)n1CC(C)C)NCc1nc(C)c(C)o1. The molecule has 0 aliphatic rings. The molecule has 2 aromatic heterocycles. The van der Waals surface area contributed by atoms with E-state index in [1.54, 1.807) is 18.8 Å². The van der Waals surface area contributed by atoms with Gasteiger partial charge >= 0.3 is 0 Å². The van der Waals surface area contributed by atoms with E-state index < -0.39 is 0 Å². The largest absolute Gasteiger partial charge is 0.444 e. The first-order valence-electron chi connectivity index (χ1n) is 9.28. The van der Waals surface area contributed by atoms with E-state index in [2.05, 4.69) is 49.2 Å². The highest BCUT2D eigenvalue weighted by Crippen LogP contribution is 2.16. The van der Waals surface area contributed by atoms with Gasteiger partial charge in [0.25, 0.3) is 0 Å². The summed E-state index contributed by atoms with van der Waals surface area (Å²) in [6.07, 6.45) is 3.86. The third-order valence-corrected chi connectivity index (χ3v) is 4.76. The molecular formula is C18H31N7OS. The van der Waals surface area contributed by atoms with E-state index in [9.17, 15) is 0 Å². The predicted molar refractivity (Wildman–Crippen MR) is 109 cm³/mol. The Bertz CT molecular complexity index is 731. The first-order chi connectivity index (χ1) is 12.9. The molecule has 9 heteroatoms. The van der Waals surface area contributed by atoms with Gasteiger partial charge in [-0.15, -0.1) is 10.2 Å². The molecule has 2 rings (SSSR count). The number of nitrogens with zero attached hydrogens (tertiary/aromatic N) is 5. The van der Waals surface area contributed by atoms with E-state index >= 15 is 0 Å². The van der Waals surface area contributed by atoms with Crippen molar-refractivity contribution >= 4 is 17.7 Å². The van der Waals surface area contributed by atoms with Crippen LogP contribution in [0.3, 0.4) is 0 Å². The molecule has 0 radical (unpaired) electrons. The van der Waals surface area contributed by atoms with E-state index in [1.165, 1.54) is 0 Å². The van der Waals surface area contributed by atoms with Crippen LogP contribution in [0.5, 0.6) is 0 Å². The summed E-state index contributed by atoms with van der Waals surface area (Å²) in [5.41, 5.74) is 0.921. The van der Waals surface area contributed by atoms with Crippen molar-refractivity contribution in [2.24, 2.45) is 10.9 Å². The van der Waals surface area contributed by atoms with Crippen LogP contribution in [0, 0.1) is 19.8 Å². The van der Waals surface area contributed by atoms with Gasteiger partial charge in [0.15, 0.2) is 11.1 Å². The van der Waals surface area contributed by atoms with E-state index in [4.69, 9.17) is 4.42 Å². The van der Waals surface area contributed by atoms with Gasteiger partial charge < -0.3 is 19.6 Å². The number of guanidine groups is 1. The van der Waals surface area contributed by atoms with Crippen LogP contribution in [0.1, 0.15) is 43.4 Å². The van der Waals surface area contributed by atoms with Crippen LogP contribution in [0.25, 0.3) is 0 Å². The first kappa shape index (κ1) is 21.3. The first-order valence-corrected chi connectivity index (χ1v) is 10.5. The second-order valence-electron chi connectivity index (χ2n) is 6.81. The molecule has 0 aliphatic carbocycles. The van der Waals surface area contributed by atoms with Crippen molar-refractivity contribution in [3.8, 4) is 0 Å². The lowest BCUT2D eigenvalue weighted by Gasteiger charge is -2.13. The third kappa shape index (κ3) is 6.27. The molecule has 0 aliphatic heterocycles. The molecule has 8 nitrogen and oxygen atoms in total. The number of aliphatic imine (C=N–C) groups is 1. The van der Waals surface area contributed by atoms with Crippen molar-refractivity contribution in [1.29, 1.82) is 0 Å². The summed E-state index contributed by atoms with van der Waals surface area (Å²) in [5.74, 6) is 3.86. The molecular weight excluding hydrogens is 362 g/mol. The highest BCUT2D eigenvalue weighted by atomic mass is 32.2. The second-order valence-corrected chi connectivity index (χ2v) is 7.59. The summed E-state index contributed by atoms with van der Waals surface area (Å²) in [6, 6.07) is 0. The Hall–Kier alpha value is -2.03. The molecule has 0 saturated heterocycles. The molecule has 27 heavy (non-hydrogen) atoms. The molecule has 0 atom stereocenters. The van der Waals surface area contributed by atoms with Crippen molar-refractivity contribution in [3.63, 3.8) is 0 Å². The zero-order chi connectivity index (χ0) is 19.8. The monoisotopic (exact) mass is 393 g/mol. The zero-order valence-electron chi connectivity index (χ0n) is 17.2. The van der Waals surface area contributed by atoms with Crippen LogP contribution < -0.4 is 10.6 Å². The molecule has 2 N–H and O–H groups in total. The van der Waals surface area contributed by atoms with Gasteiger partial charge in [0.05, 0.1) is 12.2 Å². The topological polar surface area (TPSA) is 93.2 Å². The van der Waals surface area contributed by atoms with Crippen LogP contribution in [0.4, 0.5) is 0 Å². The minimum Gasteiger partial charge on any atom is -0.444 e. The van der Waals surface area contributed by atoms with Crippen LogP contribution in [0.2, 0.25) is 0 Å². The average molecular weight is 394 g/mol. The fourth-order valence-electron chi connectivity index (χ4n) is 2.65. The van der Waals surface area contributed by atoms with Gasteiger partial charge in [-0.05, 0) is 32.4 Å². The van der Waals surface area contributed by atoms with Crippen molar-refractivity contribution in [3.05, 3.63) is 23.2 Å². The van der Waals surface area contributed by atoms with Crippen molar-refractivity contribution in [1.82, 2.24) is 30.4 Å². The zero-order valence-corrected chi connectivity index (χ0v) is 18.0. The molecule has 0 bridgehead atoms. The predicted octanol–water partition coefficient (Wildman–Crippen LogP) is 2.56. The fraction of sp³-hybridized carbons (Fsp3) is 0.667. The second kappa shape index (κ2) is 10.3. The summed E-state index contributed by atoms with van der Waals surface area (Å²) in [7, 11) is 1.76. The number of hydrogen-bond acceptors (Lipinski definition) is 6. The van der Waals surface area contributed by atoms with Crippen molar-refractivity contribution in [2.75, 3.05) is 19.8 Å². The van der Waals surface area contributed by atoms with E-state index in [1.807, 2.05) is 20.1 Å². The standard InChI is InChI=1S/C18H31N7OS/c1-12(2)11-25-15(23-24-18(25)27-6)8-7-9-20-17(19-5)21-10-16-22-13(3)14(4)26-16/h12H,7-11H2,1-6H3,(H2,19,20,21). The molecule has 0 saturated carbocycles. The number of thioether (sulfide) groups is 1. The molecule has 150 valence electrons. The Balaban J connectivity index is 1.79. The van der Waals surface area contributed by atoms with Crippen LogP contribution in [-0.4, -0.2) is 45.6 Å². The maximum atomic E-state index is 5.57. The minimum absolute atomic E-state index is 0.508. The maximum absolute atomic E-state index is 5.57. The molecule has 0 unspecified atom stereocenters. The highest BCUT2D eigenvalue weighted by Gasteiger charge is 2.12. The molecule has 2 heterocycles. The summed E-state index contributed by atoms with van der Waals surface area (Å²) >= 11 is 1.64. The lowest BCUT2D eigenvalue weighted by atomic mass is 10.2. The lowest BCUT2D eigenvalue weighted by Crippen LogP contribution is -2.37. The number of aromatic nitrogens is 4. The number of rotatable bonds is 9. The summed E-state index contributed by atoms with van der Waals surface area (Å²) in [5, 5.41) is 16.2. The summed E-state index contributed by atoms with van der Waals surface area (Å²) in [6.45, 7) is 10.5. The summed E-state index contributed by atoms with van der Waals surface area (Å²) in [4.78, 5) is 8.60. The Morgan fingerprint density at radius 2 is 2.04 bits per heavy atom. The number of nitrogens with one attached hydrogen (secondary N) is 2. The van der Waals surface area contributed by atoms with Crippen LogP contribution in [-0.2, 0) is 19.5 Å². The Morgan fingerprint density at radius 1 is 1.26 bits per heavy atom. The Kier molecular flexibility index (Phi) is 8.15. The highest BCUT2D eigenvalue weighted by molar-refractivity contribution is 7.98. The molecule has 0 amide bonds. The normalized spacial score (nSPS) is 12.0. The van der Waals surface area contributed by atoms with Crippen molar-refractivity contribution < 1.29 is 4.42 Å². The Morgan fingerprint density at radius 3 is 2.63 bits per heavy atom. The molecule has 0 fully saturated rings. The molecule has 2 aromatic rings. The van der Waals surface area contributed by atoms with Crippen LogP contribution in [0.15, 0.2) is 14.6 Å². The number of hydrogen-bond donors (Lipinski definition) is 2. The maximum Gasteiger partial charge on any atom is 0.214 e. The van der Waals surface area contributed by atoms with E-state index in [-0.39, 0.29) is 0 Å². The third-order valence-electron chi connectivity index (χ3n) is 4.10. The number of oxazole rings is 1. The van der Waals surface area contributed by atoms with Gasteiger partial charge in [0.1, 0.15) is 11.6 Å². The van der Waals surface area contributed by atoms with E-state index in [0.717, 1.165) is 54.3 Å². The molecule has 0 spiro atoms. The van der Waals surface area contributed by atoms with Gasteiger partial charge in [-0.3, -0.25) is 4.99 Å². The minimum atomic E-state index is 0.508. The fourth-order valence-corrected chi connectivity index (χ4v) is 3.17. The Labute approximate surface area is 165 Å². The van der Waals surface area contributed by atoms with Gasteiger partial charge in [-0.25, -0.2) is 4.98 Å². The van der Waals surface area contributed by atoms with E-state index in [0.29, 0.717) is 18.4 Å². The number of aryl methyl sites for hydroxylation is 3. The molecule has 0 aromatic carbocycles. The van der Waals surface area contributed by atoms with Gasteiger partial charge in [-0.2, -0.15) is 0 Å². The van der Waals surface area contributed by atoms with Gasteiger partial charge in [0, 0.05) is 26.6 Å². The van der Waals surface area contributed by atoms with Crippen LogP contribution >= 0.6 is 11.8 Å². The van der Waals surface area contributed by atoms with Gasteiger partial charge in [0.2, 0.25) is 5.89 Å². The van der Waals surface area contributed by atoms with Crippen molar-refractivity contribution in [2.45, 2.75) is 58.8 Å². The van der Waals surface area contributed by atoms with Gasteiger partial charge in [-0.1, -0.05) is 25.6 Å².